The third kappa shape index (κ3) is 4.39. The highest BCUT2D eigenvalue weighted by atomic mass is 19.1. The van der Waals surface area contributed by atoms with E-state index >= 15 is 0 Å². The maximum Gasteiger partial charge on any atom is 0.318 e. The highest BCUT2D eigenvalue weighted by Crippen LogP contribution is 2.18. The summed E-state index contributed by atoms with van der Waals surface area (Å²) >= 11 is 0. The van der Waals surface area contributed by atoms with Crippen molar-refractivity contribution >= 4 is 11.9 Å². The van der Waals surface area contributed by atoms with Crippen molar-refractivity contribution < 1.29 is 14.0 Å². The molecule has 136 valence electrons. The second-order valence-corrected chi connectivity index (χ2v) is 6.30. The molecule has 2 N–H and O–H groups in total. The summed E-state index contributed by atoms with van der Waals surface area (Å²) in [4.78, 5) is 26.5. The lowest BCUT2D eigenvalue weighted by Crippen LogP contribution is -2.49. The number of amides is 3. The van der Waals surface area contributed by atoms with E-state index in [1.54, 1.807) is 23.1 Å². The van der Waals surface area contributed by atoms with Crippen LogP contribution in [0, 0.1) is 5.82 Å². The number of nitrogens with zero attached hydrogens (tertiary/aromatic N) is 1. The Balaban J connectivity index is 1.54. The highest BCUT2D eigenvalue weighted by molar-refractivity contribution is 5.87. The molecule has 0 aromatic heterocycles. The number of halogens is 1. The fraction of sp³-hybridized carbons (Fsp3) is 0.300. The summed E-state index contributed by atoms with van der Waals surface area (Å²) in [6.45, 7) is 1.07. The fourth-order valence-electron chi connectivity index (χ4n) is 3.10. The van der Waals surface area contributed by atoms with Gasteiger partial charge in [-0.2, -0.15) is 0 Å². The molecule has 6 heteroatoms. The topological polar surface area (TPSA) is 61.4 Å². The van der Waals surface area contributed by atoms with Crippen LogP contribution in [-0.4, -0.2) is 29.4 Å². The molecular weight excluding hydrogens is 333 g/mol. The molecule has 0 radical (unpaired) electrons. The molecule has 1 atom stereocenters. The van der Waals surface area contributed by atoms with Gasteiger partial charge < -0.3 is 15.5 Å². The molecule has 0 aliphatic carbocycles. The van der Waals surface area contributed by atoms with E-state index in [0.717, 1.165) is 12.0 Å². The van der Waals surface area contributed by atoms with E-state index < -0.39 is 6.04 Å². The quantitative estimate of drug-likeness (QED) is 0.866. The zero-order valence-electron chi connectivity index (χ0n) is 14.5. The van der Waals surface area contributed by atoms with Crippen LogP contribution >= 0.6 is 0 Å². The van der Waals surface area contributed by atoms with Gasteiger partial charge in [0.05, 0.1) is 0 Å². The van der Waals surface area contributed by atoms with E-state index in [9.17, 15) is 14.0 Å². The van der Waals surface area contributed by atoms with Crippen LogP contribution in [0.3, 0.4) is 0 Å². The summed E-state index contributed by atoms with van der Waals surface area (Å²) in [5.74, 6) is -0.600. The van der Waals surface area contributed by atoms with Crippen LogP contribution in [0.2, 0.25) is 0 Å². The molecule has 1 aliphatic heterocycles. The summed E-state index contributed by atoms with van der Waals surface area (Å²) in [6, 6.07) is 15.2. The average Bonchev–Trinajstić information content (AvgIpc) is 3.16. The van der Waals surface area contributed by atoms with Gasteiger partial charge in [0.2, 0.25) is 5.91 Å². The van der Waals surface area contributed by atoms with E-state index in [2.05, 4.69) is 10.6 Å². The van der Waals surface area contributed by atoms with E-state index in [4.69, 9.17) is 0 Å². The molecule has 3 rings (SSSR count). The lowest BCUT2D eigenvalue weighted by Gasteiger charge is -2.24. The molecule has 26 heavy (non-hydrogen) atoms. The number of benzene rings is 2. The number of carbonyl (C=O) groups is 2. The normalized spacial score (nSPS) is 16.3. The van der Waals surface area contributed by atoms with Crippen LogP contribution in [0.25, 0.3) is 0 Å². The van der Waals surface area contributed by atoms with Gasteiger partial charge in [-0.3, -0.25) is 4.79 Å². The molecular formula is C20H22FN3O2. The van der Waals surface area contributed by atoms with Crippen LogP contribution in [0.1, 0.15) is 24.0 Å². The van der Waals surface area contributed by atoms with Gasteiger partial charge in [0.25, 0.3) is 0 Å². The predicted octanol–water partition coefficient (Wildman–Crippen LogP) is 2.82. The first kappa shape index (κ1) is 17.9. The van der Waals surface area contributed by atoms with Crippen LogP contribution < -0.4 is 10.6 Å². The third-order valence-electron chi connectivity index (χ3n) is 4.51. The van der Waals surface area contributed by atoms with Crippen molar-refractivity contribution in [2.45, 2.75) is 32.0 Å². The minimum absolute atomic E-state index is 0.113. The number of urea groups is 1. The average molecular weight is 355 g/mol. The standard InChI is InChI=1S/C20H22FN3O2/c21-17-10-5-4-9-16(17)14-22-19(25)18-11-6-12-24(18)20(26)23-13-15-7-2-1-3-8-15/h1-5,7-10,18H,6,11-14H2,(H,22,25)(H,23,26)/t18-/m1/s1. The molecule has 0 saturated carbocycles. The van der Waals surface area contributed by atoms with Crippen molar-refractivity contribution in [3.63, 3.8) is 0 Å². The maximum absolute atomic E-state index is 13.7. The van der Waals surface area contributed by atoms with Gasteiger partial charge >= 0.3 is 6.03 Å². The molecule has 1 fully saturated rings. The number of rotatable bonds is 5. The molecule has 1 aliphatic rings. The molecule has 2 aromatic rings. The molecule has 2 aromatic carbocycles. The van der Waals surface area contributed by atoms with Gasteiger partial charge in [-0.05, 0) is 24.5 Å². The van der Waals surface area contributed by atoms with Crippen molar-refractivity contribution in [3.8, 4) is 0 Å². The Kier molecular flexibility index (Phi) is 5.84. The third-order valence-corrected chi connectivity index (χ3v) is 4.51. The summed E-state index contributed by atoms with van der Waals surface area (Å²) in [5.41, 5.74) is 1.43. The SMILES string of the molecule is O=C(NCc1ccccc1F)[C@H]1CCCN1C(=O)NCc1ccccc1. The largest absolute Gasteiger partial charge is 0.350 e. The highest BCUT2D eigenvalue weighted by Gasteiger charge is 2.33. The maximum atomic E-state index is 13.7. The molecule has 1 heterocycles. The van der Waals surface area contributed by atoms with Crippen LogP contribution in [0.5, 0.6) is 0 Å². The Hall–Kier alpha value is -2.89. The van der Waals surface area contributed by atoms with Gasteiger partial charge in [-0.1, -0.05) is 48.5 Å². The number of hydrogen-bond donors (Lipinski definition) is 2. The van der Waals surface area contributed by atoms with Crippen LogP contribution in [0.4, 0.5) is 9.18 Å². The van der Waals surface area contributed by atoms with E-state index in [1.807, 2.05) is 30.3 Å². The van der Waals surface area contributed by atoms with Crippen molar-refractivity contribution in [2.24, 2.45) is 0 Å². The number of hydrogen-bond acceptors (Lipinski definition) is 2. The number of likely N-dealkylation sites (tertiary alicyclic amines) is 1. The van der Waals surface area contributed by atoms with E-state index in [-0.39, 0.29) is 24.3 Å². The minimum atomic E-state index is -0.516. The fourth-order valence-corrected chi connectivity index (χ4v) is 3.10. The molecule has 3 amide bonds. The Morgan fingerprint density at radius 2 is 1.73 bits per heavy atom. The van der Waals surface area contributed by atoms with E-state index in [0.29, 0.717) is 25.1 Å². The Morgan fingerprint density at radius 3 is 2.50 bits per heavy atom. The van der Waals surface area contributed by atoms with Gasteiger partial charge in [-0.15, -0.1) is 0 Å². The predicted molar refractivity (Wildman–Crippen MR) is 96.7 cm³/mol. The Bertz CT molecular complexity index is 767. The minimum Gasteiger partial charge on any atom is -0.350 e. The second kappa shape index (κ2) is 8.47. The van der Waals surface area contributed by atoms with Gasteiger partial charge in [0.1, 0.15) is 11.9 Å². The van der Waals surface area contributed by atoms with Crippen molar-refractivity contribution in [1.29, 1.82) is 0 Å². The first-order valence-electron chi connectivity index (χ1n) is 8.74. The van der Waals surface area contributed by atoms with Gasteiger partial charge in [0.15, 0.2) is 0 Å². The van der Waals surface area contributed by atoms with Crippen molar-refractivity contribution in [3.05, 3.63) is 71.5 Å². The van der Waals surface area contributed by atoms with Crippen molar-refractivity contribution in [2.75, 3.05) is 6.54 Å². The molecule has 0 bridgehead atoms. The van der Waals surface area contributed by atoms with Crippen LogP contribution in [-0.2, 0) is 17.9 Å². The molecule has 0 spiro atoms. The van der Waals surface area contributed by atoms with Gasteiger partial charge in [0, 0.05) is 25.2 Å². The lowest BCUT2D eigenvalue weighted by molar-refractivity contribution is -0.124. The first-order chi connectivity index (χ1) is 12.6. The zero-order valence-corrected chi connectivity index (χ0v) is 14.5. The lowest BCUT2D eigenvalue weighted by atomic mass is 10.2. The molecule has 1 saturated heterocycles. The zero-order chi connectivity index (χ0) is 18.4. The van der Waals surface area contributed by atoms with Gasteiger partial charge in [-0.25, -0.2) is 9.18 Å². The number of carbonyl (C=O) groups excluding carboxylic acids is 2. The summed E-state index contributed by atoms with van der Waals surface area (Å²) in [7, 11) is 0. The summed E-state index contributed by atoms with van der Waals surface area (Å²) in [5, 5.41) is 5.60. The monoisotopic (exact) mass is 355 g/mol. The Morgan fingerprint density at radius 1 is 1.00 bits per heavy atom. The Labute approximate surface area is 152 Å². The summed E-state index contributed by atoms with van der Waals surface area (Å²) < 4.78 is 13.7. The number of nitrogens with one attached hydrogen (secondary N) is 2. The second-order valence-electron chi connectivity index (χ2n) is 6.30. The smallest absolute Gasteiger partial charge is 0.318 e. The first-order valence-corrected chi connectivity index (χ1v) is 8.74. The summed E-state index contributed by atoms with van der Waals surface area (Å²) in [6.07, 6.45) is 1.39. The van der Waals surface area contributed by atoms with Crippen LogP contribution in [0.15, 0.2) is 54.6 Å². The van der Waals surface area contributed by atoms with Crippen molar-refractivity contribution in [1.82, 2.24) is 15.5 Å². The van der Waals surface area contributed by atoms with E-state index in [1.165, 1.54) is 6.07 Å². The molecule has 0 unspecified atom stereocenters. The molecule has 5 nitrogen and oxygen atoms in total.